The minimum Gasteiger partial charge on any atom is -0.462 e. The molecule has 0 spiro atoms. The predicted molar refractivity (Wildman–Crippen MR) is 192 cm³/mol. The molecule has 0 saturated heterocycles. The zero-order valence-electron chi connectivity index (χ0n) is 31.2. The van der Waals surface area contributed by atoms with Crippen LogP contribution >= 0.6 is 0 Å². The molecule has 0 aromatic rings. The second kappa shape index (κ2) is 33.3. The van der Waals surface area contributed by atoms with Gasteiger partial charge in [-0.15, -0.1) is 0 Å². The van der Waals surface area contributed by atoms with E-state index in [-0.39, 0.29) is 31.1 Å². The van der Waals surface area contributed by atoms with E-state index in [9.17, 15) is 14.4 Å². The summed E-state index contributed by atoms with van der Waals surface area (Å²) in [6.45, 7) is 11.2. The fourth-order valence-corrected chi connectivity index (χ4v) is 5.66. The third-order valence-electron chi connectivity index (χ3n) is 9.08. The van der Waals surface area contributed by atoms with Crippen molar-refractivity contribution in [2.75, 3.05) is 13.2 Å². The van der Waals surface area contributed by atoms with Crippen LogP contribution in [0.5, 0.6) is 0 Å². The molecule has 0 amide bonds. The Morgan fingerprint density at radius 1 is 0.457 bits per heavy atom. The Morgan fingerprint density at radius 2 is 0.826 bits per heavy atom. The largest absolute Gasteiger partial charge is 0.462 e. The highest BCUT2D eigenvalue weighted by Gasteiger charge is 2.19. The van der Waals surface area contributed by atoms with E-state index in [0.717, 1.165) is 69.6 Å². The lowest BCUT2D eigenvalue weighted by molar-refractivity contribution is -0.167. The van der Waals surface area contributed by atoms with Crippen molar-refractivity contribution in [3.8, 4) is 0 Å². The molecule has 0 aromatic carbocycles. The van der Waals surface area contributed by atoms with Crippen molar-refractivity contribution in [1.29, 1.82) is 0 Å². The lowest BCUT2D eigenvalue weighted by Crippen LogP contribution is -2.30. The molecule has 0 fully saturated rings. The zero-order valence-corrected chi connectivity index (χ0v) is 31.2. The number of esters is 3. The van der Waals surface area contributed by atoms with Gasteiger partial charge >= 0.3 is 17.9 Å². The van der Waals surface area contributed by atoms with Crippen molar-refractivity contribution in [2.45, 2.75) is 214 Å². The molecule has 272 valence electrons. The van der Waals surface area contributed by atoms with Crippen LogP contribution < -0.4 is 0 Å². The summed E-state index contributed by atoms with van der Waals surface area (Å²) in [4.78, 5) is 37.3. The van der Waals surface area contributed by atoms with Gasteiger partial charge in [-0.25, -0.2) is 0 Å². The molecule has 0 aliphatic heterocycles. The van der Waals surface area contributed by atoms with E-state index in [1.165, 1.54) is 96.3 Å². The van der Waals surface area contributed by atoms with Gasteiger partial charge in [0.1, 0.15) is 13.2 Å². The highest BCUT2D eigenvalue weighted by Crippen LogP contribution is 2.16. The van der Waals surface area contributed by atoms with Gasteiger partial charge in [0.2, 0.25) is 0 Å². The van der Waals surface area contributed by atoms with E-state index in [1.54, 1.807) is 0 Å². The van der Waals surface area contributed by atoms with Crippen LogP contribution in [0.4, 0.5) is 0 Å². The van der Waals surface area contributed by atoms with Crippen LogP contribution in [0.1, 0.15) is 208 Å². The number of hydrogen-bond donors (Lipinski definition) is 0. The van der Waals surface area contributed by atoms with E-state index in [0.29, 0.717) is 19.3 Å². The Morgan fingerprint density at radius 3 is 1.24 bits per heavy atom. The van der Waals surface area contributed by atoms with E-state index < -0.39 is 6.10 Å². The highest BCUT2D eigenvalue weighted by atomic mass is 16.6. The molecule has 0 N–H and O–H groups in total. The molecule has 0 rings (SSSR count). The first-order chi connectivity index (χ1) is 22.3. The highest BCUT2D eigenvalue weighted by molar-refractivity contribution is 5.71. The minimum atomic E-state index is -0.759. The monoisotopic (exact) mass is 653 g/mol. The van der Waals surface area contributed by atoms with Gasteiger partial charge in [-0.05, 0) is 31.1 Å². The Kier molecular flexibility index (Phi) is 32.2. The van der Waals surface area contributed by atoms with Crippen molar-refractivity contribution in [2.24, 2.45) is 11.8 Å². The smallest absolute Gasteiger partial charge is 0.306 e. The first-order valence-electron chi connectivity index (χ1n) is 19.8. The summed E-state index contributed by atoms with van der Waals surface area (Å²) in [5, 5.41) is 0. The van der Waals surface area contributed by atoms with Gasteiger partial charge in [0, 0.05) is 19.3 Å². The van der Waals surface area contributed by atoms with Gasteiger partial charge in [-0.3, -0.25) is 14.4 Å². The van der Waals surface area contributed by atoms with Crippen LogP contribution in [-0.4, -0.2) is 37.2 Å². The fourth-order valence-electron chi connectivity index (χ4n) is 5.66. The van der Waals surface area contributed by atoms with Gasteiger partial charge in [-0.2, -0.15) is 0 Å². The minimum absolute atomic E-state index is 0.0676. The van der Waals surface area contributed by atoms with E-state index in [4.69, 9.17) is 14.2 Å². The molecule has 0 saturated carbocycles. The molecular formula is C40H76O6. The SMILES string of the molecule is CCCCCCCCCC(=O)OC[C@H](COC(=O)CCCCCCCCC(C)CC)OC(=O)CCCCCCCCCCC(C)C. The van der Waals surface area contributed by atoms with Crippen molar-refractivity contribution >= 4 is 17.9 Å². The van der Waals surface area contributed by atoms with Gasteiger partial charge in [0.05, 0.1) is 0 Å². The summed E-state index contributed by atoms with van der Waals surface area (Å²) in [6.07, 6.45) is 28.2. The standard InChI is InChI=1S/C40H76O6/c1-6-8-9-10-13-20-25-30-38(41)44-33-37(34-45-39(42)31-26-21-17-16-19-24-29-36(5)7-2)46-40(43)32-27-22-15-12-11-14-18-23-28-35(3)4/h35-37H,6-34H2,1-5H3/t36?,37-/m1/s1. The summed E-state index contributed by atoms with van der Waals surface area (Å²) >= 11 is 0. The molecule has 0 heterocycles. The van der Waals surface area contributed by atoms with E-state index >= 15 is 0 Å². The van der Waals surface area contributed by atoms with Crippen molar-refractivity contribution < 1.29 is 28.6 Å². The summed E-state index contributed by atoms with van der Waals surface area (Å²) in [5.41, 5.74) is 0. The third kappa shape index (κ3) is 32.4. The summed E-state index contributed by atoms with van der Waals surface area (Å²) in [7, 11) is 0. The number of carbonyl (C=O) groups is 3. The Labute approximate surface area is 285 Å². The van der Waals surface area contributed by atoms with E-state index in [1.807, 2.05) is 0 Å². The topological polar surface area (TPSA) is 78.9 Å². The molecule has 46 heavy (non-hydrogen) atoms. The van der Waals surface area contributed by atoms with Gasteiger partial charge in [0.15, 0.2) is 6.10 Å². The summed E-state index contributed by atoms with van der Waals surface area (Å²) in [6, 6.07) is 0. The number of ether oxygens (including phenoxy) is 3. The number of unbranched alkanes of at least 4 members (excludes halogenated alkanes) is 18. The number of carbonyl (C=O) groups excluding carboxylic acids is 3. The first kappa shape index (κ1) is 44.4. The number of hydrogen-bond acceptors (Lipinski definition) is 6. The molecule has 0 aliphatic rings. The third-order valence-corrected chi connectivity index (χ3v) is 9.08. The summed E-state index contributed by atoms with van der Waals surface area (Å²) < 4.78 is 16.6. The molecule has 0 aromatic heterocycles. The lowest BCUT2D eigenvalue weighted by atomic mass is 10.00. The second-order valence-electron chi connectivity index (χ2n) is 14.3. The maximum Gasteiger partial charge on any atom is 0.306 e. The van der Waals surface area contributed by atoms with Crippen molar-refractivity contribution in [3.63, 3.8) is 0 Å². The quantitative estimate of drug-likeness (QED) is 0.0391. The normalized spacial score (nSPS) is 12.7. The fraction of sp³-hybridized carbons (Fsp3) is 0.925. The average Bonchev–Trinajstić information content (AvgIpc) is 3.03. The zero-order chi connectivity index (χ0) is 34.1. The van der Waals surface area contributed by atoms with Crippen LogP contribution in [-0.2, 0) is 28.6 Å². The Hall–Kier alpha value is -1.59. The molecule has 0 bridgehead atoms. The number of rotatable bonds is 34. The Bertz CT molecular complexity index is 706. The molecule has 6 heteroatoms. The predicted octanol–water partition coefficient (Wildman–Crippen LogP) is 11.8. The van der Waals surface area contributed by atoms with E-state index in [2.05, 4.69) is 34.6 Å². The molecule has 0 radical (unpaired) electrons. The Balaban J connectivity index is 4.36. The molecule has 0 aliphatic carbocycles. The second-order valence-corrected chi connectivity index (χ2v) is 14.3. The molecular weight excluding hydrogens is 576 g/mol. The molecule has 6 nitrogen and oxygen atoms in total. The molecule has 1 unspecified atom stereocenters. The van der Waals surface area contributed by atoms with Gasteiger partial charge < -0.3 is 14.2 Å². The van der Waals surface area contributed by atoms with Crippen LogP contribution in [0.2, 0.25) is 0 Å². The summed E-state index contributed by atoms with van der Waals surface area (Å²) in [5.74, 6) is 0.731. The average molecular weight is 653 g/mol. The first-order valence-corrected chi connectivity index (χ1v) is 19.8. The van der Waals surface area contributed by atoms with Gasteiger partial charge in [0.25, 0.3) is 0 Å². The van der Waals surface area contributed by atoms with Gasteiger partial charge in [-0.1, -0.05) is 169 Å². The maximum absolute atomic E-state index is 12.6. The van der Waals surface area contributed by atoms with Crippen molar-refractivity contribution in [3.05, 3.63) is 0 Å². The molecule has 2 atom stereocenters. The lowest BCUT2D eigenvalue weighted by Gasteiger charge is -2.18. The maximum atomic E-state index is 12.6. The van der Waals surface area contributed by atoms with Crippen LogP contribution in [0, 0.1) is 11.8 Å². The van der Waals surface area contributed by atoms with Crippen LogP contribution in [0.25, 0.3) is 0 Å². The van der Waals surface area contributed by atoms with Crippen LogP contribution in [0.15, 0.2) is 0 Å². The van der Waals surface area contributed by atoms with Crippen molar-refractivity contribution in [1.82, 2.24) is 0 Å². The van der Waals surface area contributed by atoms with Crippen LogP contribution in [0.3, 0.4) is 0 Å².